The third-order valence-corrected chi connectivity index (χ3v) is 6.92. The number of halogens is 1. The number of carbonyl (C=O) groups is 1. The molecule has 0 unspecified atom stereocenters. The first kappa shape index (κ1) is 23.7. The van der Waals surface area contributed by atoms with Crippen LogP contribution < -0.4 is 5.32 Å². The zero-order chi connectivity index (χ0) is 23.2. The van der Waals surface area contributed by atoms with Crippen LogP contribution in [0.25, 0.3) is 10.7 Å². The molecule has 1 aromatic carbocycles. The zero-order valence-corrected chi connectivity index (χ0v) is 20.2. The van der Waals surface area contributed by atoms with Gasteiger partial charge in [-0.2, -0.15) is 0 Å². The summed E-state index contributed by atoms with van der Waals surface area (Å²) in [5.41, 5.74) is 0.850. The number of likely N-dealkylation sites (N-methyl/N-ethyl adjacent to an activating group) is 1. The van der Waals surface area contributed by atoms with Crippen molar-refractivity contribution in [1.82, 2.24) is 24.6 Å². The van der Waals surface area contributed by atoms with E-state index in [2.05, 4.69) is 9.88 Å². The zero-order valence-electron chi connectivity index (χ0n) is 18.6. The minimum Gasteiger partial charge on any atom is -0.376 e. The predicted octanol–water partition coefficient (Wildman–Crippen LogP) is 4.06. The van der Waals surface area contributed by atoms with Crippen LogP contribution in [-0.4, -0.2) is 51.0 Å². The van der Waals surface area contributed by atoms with E-state index in [9.17, 15) is 9.18 Å². The molecule has 1 atom stereocenters. The topological polar surface area (TPSA) is 64.3 Å². The monoisotopic (exact) mass is 489 g/mol. The van der Waals surface area contributed by atoms with Crippen molar-refractivity contribution in [3.8, 4) is 10.7 Å². The van der Waals surface area contributed by atoms with Crippen LogP contribution in [0.2, 0.25) is 0 Å². The minimum atomic E-state index is -0.292. The molecule has 33 heavy (non-hydrogen) atoms. The quantitative estimate of drug-likeness (QED) is 0.435. The third kappa shape index (κ3) is 6.14. The smallest absolute Gasteiger partial charge is 0.234 e. The molecule has 1 aliphatic rings. The number of thiophene rings is 1. The van der Waals surface area contributed by atoms with Crippen molar-refractivity contribution >= 4 is 29.5 Å². The summed E-state index contributed by atoms with van der Waals surface area (Å²) in [6, 6.07) is 10.2. The van der Waals surface area contributed by atoms with Gasteiger partial charge in [-0.15, -0.1) is 16.4 Å². The molecule has 10 heteroatoms. The van der Waals surface area contributed by atoms with Crippen LogP contribution in [0.1, 0.15) is 25.3 Å². The lowest BCUT2D eigenvalue weighted by Crippen LogP contribution is -2.38. The number of aromatic nitrogens is 3. The van der Waals surface area contributed by atoms with Crippen molar-refractivity contribution in [2.45, 2.75) is 45.6 Å². The van der Waals surface area contributed by atoms with E-state index in [1.54, 1.807) is 28.2 Å². The average molecular weight is 490 g/mol. The number of hydrogen-bond donors (Lipinski definition) is 1. The van der Waals surface area contributed by atoms with Gasteiger partial charge in [0.25, 0.3) is 0 Å². The maximum absolute atomic E-state index is 13.1. The second-order valence-corrected chi connectivity index (χ2v) is 9.33. The van der Waals surface area contributed by atoms with Gasteiger partial charge in [0.05, 0.1) is 30.7 Å². The summed E-state index contributed by atoms with van der Waals surface area (Å²) in [7, 11) is 0. The normalized spacial score (nSPS) is 15.9. The summed E-state index contributed by atoms with van der Waals surface area (Å²) < 4.78 is 23.4. The average Bonchev–Trinajstić information content (AvgIpc) is 3.57. The van der Waals surface area contributed by atoms with Crippen LogP contribution in [0.4, 0.5) is 4.39 Å². The number of benzene rings is 1. The van der Waals surface area contributed by atoms with Crippen molar-refractivity contribution in [2.24, 2.45) is 0 Å². The molecule has 1 fully saturated rings. The molecular weight excluding hydrogens is 461 g/mol. The molecule has 3 heterocycles. The number of nitrogens with zero attached hydrogens (tertiary/aromatic N) is 4. The van der Waals surface area contributed by atoms with E-state index >= 15 is 0 Å². The predicted molar refractivity (Wildman–Crippen MR) is 129 cm³/mol. The third-order valence-electron chi connectivity index (χ3n) is 5.63. The highest BCUT2D eigenvalue weighted by molar-refractivity contribution is 7.71. The Morgan fingerprint density at radius 3 is 2.85 bits per heavy atom. The highest BCUT2D eigenvalue weighted by Crippen LogP contribution is 2.25. The fraction of sp³-hybridized carbons (Fsp3) is 0.435. The molecule has 176 valence electrons. The molecule has 1 amide bonds. The van der Waals surface area contributed by atoms with E-state index in [-0.39, 0.29) is 24.4 Å². The molecule has 2 aromatic heterocycles. The molecule has 0 spiro atoms. The van der Waals surface area contributed by atoms with E-state index in [0.29, 0.717) is 31.1 Å². The molecule has 0 radical (unpaired) electrons. The lowest BCUT2D eigenvalue weighted by molar-refractivity contribution is -0.122. The summed E-state index contributed by atoms with van der Waals surface area (Å²) in [6.45, 7) is 5.11. The van der Waals surface area contributed by atoms with Gasteiger partial charge in [-0.3, -0.25) is 14.3 Å². The summed E-state index contributed by atoms with van der Waals surface area (Å²) >= 11 is 7.41. The fourth-order valence-corrected chi connectivity index (χ4v) is 4.77. The van der Waals surface area contributed by atoms with Crippen LogP contribution in [0.15, 0.2) is 41.8 Å². The molecule has 3 aromatic rings. The van der Waals surface area contributed by atoms with Gasteiger partial charge in [-0.25, -0.2) is 9.07 Å². The Bertz CT molecular complexity index is 1110. The number of carbonyl (C=O) groups excluding carboxylic acids is 1. The van der Waals surface area contributed by atoms with Crippen LogP contribution in [0.5, 0.6) is 0 Å². The Kier molecular flexibility index (Phi) is 8.02. The number of amides is 1. The number of rotatable bonds is 10. The van der Waals surface area contributed by atoms with Gasteiger partial charge in [0, 0.05) is 13.2 Å². The molecule has 0 bridgehead atoms. The molecule has 7 nitrogen and oxygen atoms in total. The lowest BCUT2D eigenvalue weighted by Gasteiger charge is -2.19. The second-order valence-electron chi connectivity index (χ2n) is 8.02. The van der Waals surface area contributed by atoms with Gasteiger partial charge in [0.1, 0.15) is 5.82 Å². The highest BCUT2D eigenvalue weighted by Gasteiger charge is 2.22. The first-order chi connectivity index (χ1) is 16.0. The maximum atomic E-state index is 13.1. The first-order valence-corrected chi connectivity index (χ1v) is 12.4. The minimum absolute atomic E-state index is 0.107. The molecular formula is C23H28FN5O2S2. The Labute approximate surface area is 201 Å². The Hall–Kier alpha value is -2.40. The fourth-order valence-electron chi connectivity index (χ4n) is 3.79. The maximum Gasteiger partial charge on any atom is 0.234 e. The van der Waals surface area contributed by atoms with E-state index in [4.69, 9.17) is 22.1 Å². The molecule has 4 rings (SSSR count). The number of nitrogens with one attached hydrogen (secondary N) is 1. The van der Waals surface area contributed by atoms with Crippen molar-refractivity contribution < 1.29 is 13.9 Å². The first-order valence-electron chi connectivity index (χ1n) is 11.1. The molecule has 1 saturated heterocycles. The van der Waals surface area contributed by atoms with Gasteiger partial charge >= 0.3 is 0 Å². The largest absolute Gasteiger partial charge is 0.376 e. The number of hydrogen-bond acceptors (Lipinski definition) is 6. The Balaban J connectivity index is 1.44. The van der Waals surface area contributed by atoms with E-state index in [1.165, 1.54) is 12.1 Å². The van der Waals surface area contributed by atoms with Gasteiger partial charge in [-0.05, 0) is 60.7 Å². The van der Waals surface area contributed by atoms with Crippen LogP contribution in [-0.2, 0) is 29.3 Å². The highest BCUT2D eigenvalue weighted by atomic mass is 32.1. The van der Waals surface area contributed by atoms with E-state index in [0.717, 1.165) is 35.7 Å². The second kappa shape index (κ2) is 11.1. The molecule has 0 aliphatic carbocycles. The summed E-state index contributed by atoms with van der Waals surface area (Å²) in [5.74, 6) is 0.437. The summed E-state index contributed by atoms with van der Waals surface area (Å²) in [5, 5.41) is 9.73. The molecule has 1 N–H and O–H groups in total. The van der Waals surface area contributed by atoms with E-state index < -0.39 is 0 Å². The standard InChI is InChI=1S/C23H28FN5O2S2/c1-2-27(15-21(30)25-13-17-7-9-18(24)10-8-17)16-29-23(32)28(14-19-5-3-11-31-19)22(26-29)20-6-4-12-33-20/h4,6-10,12,19H,2-3,5,11,13-16H2,1H3,(H,25,30)/t19-/m1/s1. The summed E-state index contributed by atoms with van der Waals surface area (Å²) in [6.07, 6.45) is 2.23. The van der Waals surface area contributed by atoms with Crippen molar-refractivity contribution in [3.05, 3.63) is 57.9 Å². The van der Waals surface area contributed by atoms with Gasteiger partial charge in [-0.1, -0.05) is 25.1 Å². The van der Waals surface area contributed by atoms with Crippen molar-refractivity contribution in [3.63, 3.8) is 0 Å². The SMILES string of the molecule is CCN(CC(=O)NCc1ccc(F)cc1)Cn1nc(-c2cccs2)n(C[C@H]2CCCO2)c1=S. The van der Waals surface area contributed by atoms with Crippen LogP contribution >= 0.6 is 23.6 Å². The van der Waals surface area contributed by atoms with Gasteiger partial charge in [0.2, 0.25) is 5.91 Å². The lowest BCUT2D eigenvalue weighted by atomic mass is 10.2. The Morgan fingerprint density at radius 2 is 2.18 bits per heavy atom. The van der Waals surface area contributed by atoms with Crippen molar-refractivity contribution in [2.75, 3.05) is 19.7 Å². The van der Waals surface area contributed by atoms with E-state index in [1.807, 2.05) is 29.3 Å². The van der Waals surface area contributed by atoms with Crippen LogP contribution in [0, 0.1) is 10.6 Å². The number of ether oxygens (including phenoxy) is 1. The van der Waals surface area contributed by atoms with Crippen LogP contribution in [0.3, 0.4) is 0 Å². The molecule has 1 aliphatic heterocycles. The Morgan fingerprint density at radius 1 is 1.36 bits per heavy atom. The summed E-state index contributed by atoms with van der Waals surface area (Å²) in [4.78, 5) is 15.6. The van der Waals surface area contributed by atoms with Crippen molar-refractivity contribution in [1.29, 1.82) is 0 Å². The molecule has 0 saturated carbocycles. The van der Waals surface area contributed by atoms with Gasteiger partial charge < -0.3 is 10.1 Å². The van der Waals surface area contributed by atoms with Gasteiger partial charge in [0.15, 0.2) is 10.6 Å².